The zero-order valence-corrected chi connectivity index (χ0v) is 13.2. The third-order valence-corrected chi connectivity index (χ3v) is 4.76. The fourth-order valence-corrected chi connectivity index (χ4v) is 3.39. The van der Waals surface area contributed by atoms with Gasteiger partial charge in [0.05, 0.1) is 25.9 Å². The third kappa shape index (κ3) is 3.79. The lowest BCUT2D eigenvalue weighted by molar-refractivity contribution is -0.313. The molecule has 2 aliphatic rings. The Balaban J connectivity index is 2.11. The van der Waals surface area contributed by atoms with Crippen LogP contribution in [0.3, 0.4) is 0 Å². The summed E-state index contributed by atoms with van der Waals surface area (Å²) in [7, 11) is 0. The van der Waals surface area contributed by atoms with Gasteiger partial charge in [0.2, 0.25) is 0 Å². The lowest BCUT2D eigenvalue weighted by Crippen LogP contribution is -2.59. The van der Waals surface area contributed by atoms with Crippen molar-refractivity contribution in [2.24, 2.45) is 5.92 Å². The first-order valence-corrected chi connectivity index (χ1v) is 7.97. The fourth-order valence-electron chi connectivity index (χ4n) is 3.39. The molecule has 0 unspecified atom stereocenters. The van der Waals surface area contributed by atoms with E-state index in [2.05, 4.69) is 0 Å². The standard InChI is InChI=1S/C15H26O9/c16-2-1-8-9(5-18)7(4-17)3-10(8)23-15-14(22)13(21)12(20)11(6-19)24-15/h8,10-22H,1-6H2/t8-,10-,11-,12-,13+,14-,15-/m1/s1. The zero-order valence-electron chi connectivity index (χ0n) is 13.2. The van der Waals surface area contributed by atoms with Crippen LogP contribution in [0.15, 0.2) is 11.1 Å². The molecule has 1 heterocycles. The number of aliphatic hydroxyl groups excluding tert-OH is 7. The van der Waals surface area contributed by atoms with Crippen LogP contribution in [-0.2, 0) is 9.47 Å². The first kappa shape index (κ1) is 19.7. The minimum atomic E-state index is -1.54. The Morgan fingerprint density at radius 3 is 2.21 bits per heavy atom. The minimum Gasteiger partial charge on any atom is -0.396 e. The highest BCUT2D eigenvalue weighted by Gasteiger charge is 2.46. The molecule has 1 fully saturated rings. The monoisotopic (exact) mass is 350 g/mol. The van der Waals surface area contributed by atoms with Crippen molar-refractivity contribution in [1.29, 1.82) is 0 Å². The van der Waals surface area contributed by atoms with Crippen LogP contribution in [0.25, 0.3) is 0 Å². The number of hydrogen-bond acceptors (Lipinski definition) is 9. The van der Waals surface area contributed by atoms with E-state index in [0.29, 0.717) is 17.6 Å². The Labute approximate surface area is 139 Å². The van der Waals surface area contributed by atoms with E-state index in [0.717, 1.165) is 0 Å². The average molecular weight is 350 g/mol. The molecule has 7 N–H and O–H groups in total. The predicted molar refractivity (Wildman–Crippen MR) is 79.6 cm³/mol. The quantitative estimate of drug-likeness (QED) is 0.235. The van der Waals surface area contributed by atoms with Crippen molar-refractivity contribution in [3.63, 3.8) is 0 Å². The van der Waals surface area contributed by atoms with Gasteiger partial charge in [-0.15, -0.1) is 0 Å². The van der Waals surface area contributed by atoms with E-state index in [1.807, 2.05) is 0 Å². The van der Waals surface area contributed by atoms with Gasteiger partial charge in [-0.3, -0.25) is 0 Å². The minimum absolute atomic E-state index is 0.151. The summed E-state index contributed by atoms with van der Waals surface area (Å²) >= 11 is 0. The predicted octanol–water partition coefficient (Wildman–Crippen LogP) is -3.14. The molecule has 0 saturated carbocycles. The van der Waals surface area contributed by atoms with Crippen molar-refractivity contribution in [3.8, 4) is 0 Å². The van der Waals surface area contributed by atoms with Gasteiger partial charge in [-0.05, 0) is 24.0 Å². The molecule has 2 rings (SSSR count). The Hall–Kier alpha value is -0.620. The van der Waals surface area contributed by atoms with Crippen LogP contribution in [0.4, 0.5) is 0 Å². The summed E-state index contributed by atoms with van der Waals surface area (Å²) in [5.74, 6) is -0.366. The molecular weight excluding hydrogens is 324 g/mol. The number of aliphatic hydroxyl groups is 7. The second-order valence-corrected chi connectivity index (χ2v) is 6.14. The summed E-state index contributed by atoms with van der Waals surface area (Å²) in [6.07, 6.45) is -6.90. The second kappa shape index (κ2) is 8.65. The molecule has 0 aromatic rings. The number of hydrogen-bond donors (Lipinski definition) is 7. The molecule has 1 aliphatic carbocycles. The van der Waals surface area contributed by atoms with Crippen LogP contribution < -0.4 is 0 Å². The molecule has 9 nitrogen and oxygen atoms in total. The average Bonchev–Trinajstić information content (AvgIpc) is 2.92. The van der Waals surface area contributed by atoms with Crippen molar-refractivity contribution < 1.29 is 45.2 Å². The van der Waals surface area contributed by atoms with E-state index < -0.39 is 43.4 Å². The second-order valence-electron chi connectivity index (χ2n) is 6.14. The van der Waals surface area contributed by atoms with E-state index in [4.69, 9.17) is 9.47 Å². The van der Waals surface area contributed by atoms with Crippen molar-refractivity contribution in [1.82, 2.24) is 0 Å². The van der Waals surface area contributed by atoms with Gasteiger partial charge in [-0.1, -0.05) is 0 Å². The first-order valence-electron chi connectivity index (χ1n) is 7.97. The zero-order chi connectivity index (χ0) is 17.9. The smallest absolute Gasteiger partial charge is 0.187 e. The molecule has 140 valence electrons. The molecule has 0 amide bonds. The normalized spacial score (nSPS) is 40.4. The molecule has 0 spiro atoms. The SMILES string of the molecule is OCC[C@@H]1C(CO)=C(CO)C[C@H]1O[C@@H]1O[C@H](CO)[C@@H](O)[C@H](O)[C@H]1O. The van der Waals surface area contributed by atoms with Gasteiger partial charge >= 0.3 is 0 Å². The van der Waals surface area contributed by atoms with Gasteiger partial charge in [0.15, 0.2) is 6.29 Å². The summed E-state index contributed by atoms with van der Waals surface area (Å²) in [5.41, 5.74) is 1.19. The van der Waals surface area contributed by atoms with Crippen LogP contribution in [0.2, 0.25) is 0 Å². The van der Waals surface area contributed by atoms with Gasteiger partial charge in [0, 0.05) is 12.5 Å². The summed E-state index contributed by atoms with van der Waals surface area (Å²) in [6.45, 7) is -1.25. The lowest BCUT2D eigenvalue weighted by Gasteiger charge is -2.41. The van der Waals surface area contributed by atoms with Crippen molar-refractivity contribution in [2.75, 3.05) is 26.4 Å². The third-order valence-electron chi connectivity index (χ3n) is 4.76. The lowest BCUT2D eigenvalue weighted by atomic mass is 9.95. The molecule has 0 bridgehead atoms. The van der Waals surface area contributed by atoms with Crippen molar-refractivity contribution >= 4 is 0 Å². The summed E-state index contributed by atoms with van der Waals surface area (Å²) < 4.78 is 11.0. The van der Waals surface area contributed by atoms with Gasteiger partial charge in [0.25, 0.3) is 0 Å². The summed E-state index contributed by atoms with van der Waals surface area (Å²) in [6, 6.07) is 0. The number of rotatable bonds is 7. The highest BCUT2D eigenvalue weighted by Crippen LogP contribution is 2.38. The summed E-state index contributed by atoms with van der Waals surface area (Å²) in [4.78, 5) is 0. The van der Waals surface area contributed by atoms with E-state index in [9.17, 15) is 35.7 Å². The van der Waals surface area contributed by atoms with Crippen LogP contribution in [0.1, 0.15) is 12.8 Å². The Morgan fingerprint density at radius 1 is 0.958 bits per heavy atom. The van der Waals surface area contributed by atoms with E-state index in [-0.39, 0.29) is 32.2 Å². The maximum absolute atomic E-state index is 10.0. The van der Waals surface area contributed by atoms with Crippen molar-refractivity contribution in [3.05, 3.63) is 11.1 Å². The Morgan fingerprint density at radius 2 is 1.67 bits per heavy atom. The van der Waals surface area contributed by atoms with Crippen LogP contribution >= 0.6 is 0 Å². The first-order chi connectivity index (χ1) is 11.5. The Kier molecular flexibility index (Phi) is 7.10. The molecule has 0 radical (unpaired) electrons. The van der Waals surface area contributed by atoms with Crippen LogP contribution in [-0.4, -0.2) is 99.0 Å². The molecule has 7 atom stereocenters. The molecule has 1 aliphatic heterocycles. The Bertz CT molecular complexity index is 439. The van der Waals surface area contributed by atoms with Gasteiger partial charge in [0.1, 0.15) is 24.4 Å². The summed E-state index contributed by atoms with van der Waals surface area (Å²) in [5, 5.41) is 67.0. The van der Waals surface area contributed by atoms with Gasteiger partial charge in [-0.25, -0.2) is 0 Å². The molecule has 0 aromatic heterocycles. The maximum atomic E-state index is 10.0. The van der Waals surface area contributed by atoms with E-state index >= 15 is 0 Å². The highest BCUT2D eigenvalue weighted by molar-refractivity contribution is 5.26. The highest BCUT2D eigenvalue weighted by atomic mass is 16.7. The topological polar surface area (TPSA) is 160 Å². The number of ether oxygens (including phenoxy) is 2. The maximum Gasteiger partial charge on any atom is 0.187 e. The van der Waals surface area contributed by atoms with Crippen molar-refractivity contribution in [2.45, 2.75) is 49.7 Å². The molecule has 24 heavy (non-hydrogen) atoms. The van der Waals surface area contributed by atoms with Gasteiger partial charge in [-0.2, -0.15) is 0 Å². The van der Waals surface area contributed by atoms with Gasteiger partial charge < -0.3 is 45.2 Å². The molecule has 9 heteroatoms. The molecular formula is C15H26O9. The van der Waals surface area contributed by atoms with Crippen LogP contribution in [0.5, 0.6) is 0 Å². The molecule has 0 aromatic carbocycles. The van der Waals surface area contributed by atoms with Crippen LogP contribution in [0, 0.1) is 5.92 Å². The fraction of sp³-hybridized carbons (Fsp3) is 0.867. The van der Waals surface area contributed by atoms with E-state index in [1.54, 1.807) is 0 Å². The van der Waals surface area contributed by atoms with E-state index in [1.165, 1.54) is 0 Å². The molecule has 1 saturated heterocycles. The largest absolute Gasteiger partial charge is 0.396 e.